The van der Waals surface area contributed by atoms with Crippen LogP contribution in [0.3, 0.4) is 0 Å². The molecular formula is C26H19F3N4S. The van der Waals surface area contributed by atoms with Crippen LogP contribution in [0.4, 0.5) is 13.2 Å². The summed E-state index contributed by atoms with van der Waals surface area (Å²) in [7, 11) is 0. The van der Waals surface area contributed by atoms with Crippen LogP contribution in [0.1, 0.15) is 5.56 Å². The molecule has 0 aliphatic carbocycles. The van der Waals surface area contributed by atoms with Gasteiger partial charge in [0.25, 0.3) is 0 Å². The number of halogens is 3. The van der Waals surface area contributed by atoms with Gasteiger partial charge in [0, 0.05) is 11.1 Å². The van der Waals surface area contributed by atoms with E-state index in [1.807, 2.05) is 10.8 Å². The van der Waals surface area contributed by atoms with E-state index < -0.39 is 0 Å². The first kappa shape index (κ1) is 22.0. The van der Waals surface area contributed by atoms with E-state index in [4.69, 9.17) is 4.98 Å². The highest BCUT2D eigenvalue weighted by Crippen LogP contribution is 2.34. The molecule has 2 heterocycles. The van der Waals surface area contributed by atoms with Crippen LogP contribution in [-0.2, 0) is 6.54 Å². The Morgan fingerprint density at radius 1 is 0.794 bits per heavy atom. The fraction of sp³-hybridized carbons (Fsp3) is 0.0769. The third-order valence-corrected chi connectivity index (χ3v) is 6.14. The average molecular weight is 477 g/mol. The number of benzene rings is 3. The van der Waals surface area contributed by atoms with E-state index in [0.29, 0.717) is 23.8 Å². The second-order valence-electron chi connectivity index (χ2n) is 7.67. The third kappa shape index (κ3) is 4.36. The molecular weight excluding hydrogens is 457 g/mol. The van der Waals surface area contributed by atoms with Gasteiger partial charge >= 0.3 is 0 Å². The molecule has 1 N–H and O–H groups in total. The molecule has 0 amide bonds. The first-order valence-electron chi connectivity index (χ1n) is 10.5. The molecule has 5 rings (SSSR count). The minimum atomic E-state index is -0.343. The van der Waals surface area contributed by atoms with Gasteiger partial charge in [-0.2, -0.15) is 0 Å². The van der Waals surface area contributed by atoms with Gasteiger partial charge in [0.15, 0.2) is 11.0 Å². The summed E-state index contributed by atoms with van der Waals surface area (Å²) >= 11 is 1.49. The highest BCUT2D eigenvalue weighted by molar-refractivity contribution is 7.98. The maximum atomic E-state index is 13.6. The third-order valence-electron chi connectivity index (χ3n) is 5.45. The van der Waals surface area contributed by atoms with E-state index in [0.717, 1.165) is 27.5 Å². The molecule has 3 aromatic carbocycles. The standard InChI is InChI=1S/C26H19F3N4S/c1-34-26-30-14-22(33(26)15-16-2-8-19(27)9-3-16)25-31-23(17-4-10-20(28)11-5-17)24(32-25)18-6-12-21(29)13-7-18/h2-14H,15H2,1H3,(H,31,32). The molecule has 5 aromatic rings. The lowest BCUT2D eigenvalue weighted by atomic mass is 10.1. The van der Waals surface area contributed by atoms with Gasteiger partial charge in [-0.1, -0.05) is 23.9 Å². The van der Waals surface area contributed by atoms with Crippen molar-refractivity contribution >= 4 is 11.8 Å². The predicted molar refractivity (Wildman–Crippen MR) is 128 cm³/mol. The van der Waals surface area contributed by atoms with Gasteiger partial charge in [-0.3, -0.25) is 0 Å². The van der Waals surface area contributed by atoms with Crippen LogP contribution in [0.5, 0.6) is 0 Å². The number of aromatic nitrogens is 4. The first-order chi connectivity index (χ1) is 16.5. The molecule has 0 spiro atoms. The van der Waals surface area contributed by atoms with Gasteiger partial charge in [0.2, 0.25) is 0 Å². The van der Waals surface area contributed by atoms with Crippen molar-refractivity contribution < 1.29 is 13.2 Å². The molecule has 0 aliphatic rings. The van der Waals surface area contributed by atoms with Crippen molar-refractivity contribution in [3.8, 4) is 34.0 Å². The van der Waals surface area contributed by atoms with Crippen LogP contribution < -0.4 is 0 Å². The number of H-pyrrole nitrogens is 1. The normalized spacial score (nSPS) is 11.2. The number of hydrogen-bond donors (Lipinski definition) is 1. The fourth-order valence-electron chi connectivity index (χ4n) is 3.77. The van der Waals surface area contributed by atoms with E-state index in [-0.39, 0.29) is 17.5 Å². The number of nitrogens with zero attached hydrogens (tertiary/aromatic N) is 3. The Balaban J connectivity index is 1.64. The summed E-state index contributed by atoms with van der Waals surface area (Å²) in [5.41, 5.74) is 4.42. The van der Waals surface area contributed by atoms with Gasteiger partial charge in [-0.15, -0.1) is 0 Å². The van der Waals surface area contributed by atoms with Crippen molar-refractivity contribution in [2.45, 2.75) is 11.7 Å². The lowest BCUT2D eigenvalue weighted by Gasteiger charge is -2.10. The lowest BCUT2D eigenvalue weighted by molar-refractivity contribution is 0.625. The Bertz CT molecular complexity index is 1360. The molecule has 0 radical (unpaired) electrons. The summed E-state index contributed by atoms with van der Waals surface area (Å²) in [6.07, 6.45) is 3.67. The molecule has 0 fully saturated rings. The van der Waals surface area contributed by atoms with E-state index in [1.54, 1.807) is 42.6 Å². The summed E-state index contributed by atoms with van der Waals surface area (Å²) < 4.78 is 42.5. The van der Waals surface area contributed by atoms with Crippen molar-refractivity contribution in [3.63, 3.8) is 0 Å². The molecule has 0 atom stereocenters. The molecule has 0 saturated carbocycles. The Morgan fingerprint density at radius 2 is 1.35 bits per heavy atom. The molecule has 0 unspecified atom stereocenters. The van der Waals surface area contributed by atoms with Crippen LogP contribution in [0.25, 0.3) is 34.0 Å². The number of thioether (sulfide) groups is 1. The lowest BCUT2D eigenvalue weighted by Crippen LogP contribution is -2.04. The van der Waals surface area contributed by atoms with Crippen molar-refractivity contribution in [2.75, 3.05) is 6.26 Å². The van der Waals surface area contributed by atoms with E-state index in [9.17, 15) is 13.2 Å². The highest BCUT2D eigenvalue weighted by Gasteiger charge is 2.20. The highest BCUT2D eigenvalue weighted by atomic mass is 32.2. The summed E-state index contributed by atoms with van der Waals surface area (Å²) in [6.45, 7) is 0.476. The van der Waals surface area contributed by atoms with Gasteiger partial charge < -0.3 is 9.55 Å². The zero-order chi connectivity index (χ0) is 23.7. The molecule has 2 aromatic heterocycles. The molecule has 0 bridgehead atoms. The molecule has 0 saturated heterocycles. The smallest absolute Gasteiger partial charge is 0.168 e. The fourth-order valence-corrected chi connectivity index (χ4v) is 4.31. The summed E-state index contributed by atoms with van der Waals surface area (Å²) in [5, 5.41) is 0.780. The largest absolute Gasteiger partial charge is 0.336 e. The predicted octanol–water partition coefficient (Wildman–Crippen LogP) is 6.79. The SMILES string of the molecule is CSc1ncc(-c2nc(-c3ccc(F)cc3)c(-c3ccc(F)cc3)[nH]2)n1Cc1ccc(F)cc1. The van der Waals surface area contributed by atoms with Crippen LogP contribution in [0, 0.1) is 17.5 Å². The Kier molecular flexibility index (Phi) is 5.98. The van der Waals surface area contributed by atoms with Crippen molar-refractivity contribution in [2.24, 2.45) is 0 Å². The number of imidazole rings is 2. The molecule has 4 nitrogen and oxygen atoms in total. The molecule has 34 heavy (non-hydrogen) atoms. The minimum Gasteiger partial charge on any atom is -0.336 e. The van der Waals surface area contributed by atoms with Crippen LogP contribution in [0.15, 0.2) is 84.1 Å². The maximum Gasteiger partial charge on any atom is 0.168 e. The van der Waals surface area contributed by atoms with Gasteiger partial charge in [0.1, 0.15) is 23.1 Å². The second kappa shape index (κ2) is 9.23. The Morgan fingerprint density at radius 3 is 1.94 bits per heavy atom. The van der Waals surface area contributed by atoms with Gasteiger partial charge in [-0.25, -0.2) is 23.1 Å². The van der Waals surface area contributed by atoms with Crippen LogP contribution in [-0.4, -0.2) is 25.8 Å². The number of aromatic amines is 1. The molecule has 170 valence electrons. The Labute approximate surface area is 198 Å². The number of rotatable bonds is 6. The topological polar surface area (TPSA) is 46.5 Å². The zero-order valence-corrected chi connectivity index (χ0v) is 18.9. The van der Waals surface area contributed by atoms with E-state index in [2.05, 4.69) is 9.97 Å². The van der Waals surface area contributed by atoms with E-state index in [1.165, 1.54) is 48.2 Å². The Hall–Kier alpha value is -3.78. The number of nitrogens with one attached hydrogen (secondary N) is 1. The van der Waals surface area contributed by atoms with Gasteiger partial charge in [-0.05, 0) is 72.5 Å². The van der Waals surface area contributed by atoms with Gasteiger partial charge in [0.05, 0.1) is 24.1 Å². The van der Waals surface area contributed by atoms with Crippen LogP contribution >= 0.6 is 11.8 Å². The maximum absolute atomic E-state index is 13.6. The summed E-state index contributed by atoms with van der Waals surface area (Å²) in [4.78, 5) is 12.7. The van der Waals surface area contributed by atoms with Crippen molar-refractivity contribution in [3.05, 3.63) is 102 Å². The monoisotopic (exact) mass is 476 g/mol. The molecule has 8 heteroatoms. The van der Waals surface area contributed by atoms with Crippen LogP contribution in [0.2, 0.25) is 0 Å². The van der Waals surface area contributed by atoms with Crippen molar-refractivity contribution in [1.29, 1.82) is 0 Å². The second-order valence-corrected chi connectivity index (χ2v) is 8.44. The summed E-state index contributed by atoms with van der Waals surface area (Å²) in [5.74, 6) is -0.411. The zero-order valence-electron chi connectivity index (χ0n) is 18.1. The summed E-state index contributed by atoms with van der Waals surface area (Å²) in [6, 6.07) is 18.5. The van der Waals surface area contributed by atoms with Crippen molar-refractivity contribution in [1.82, 2.24) is 19.5 Å². The number of hydrogen-bond acceptors (Lipinski definition) is 3. The van der Waals surface area contributed by atoms with E-state index >= 15 is 0 Å². The average Bonchev–Trinajstić information content (AvgIpc) is 3.46. The quantitative estimate of drug-likeness (QED) is 0.274. The first-order valence-corrected chi connectivity index (χ1v) is 11.7. The molecule has 0 aliphatic heterocycles. The minimum absolute atomic E-state index is 0.293.